The normalized spacial score (nSPS) is 22.5. The summed E-state index contributed by atoms with van der Waals surface area (Å²) in [5, 5.41) is 74.7. The molecule has 0 saturated heterocycles. The molecule has 0 aromatic carbocycles. The lowest BCUT2D eigenvalue weighted by Crippen LogP contribution is -2.64. The zero-order chi connectivity index (χ0) is 49.4. The summed E-state index contributed by atoms with van der Waals surface area (Å²) in [4.78, 5) is 23.5. The van der Waals surface area contributed by atoms with Crippen LogP contribution in [-0.2, 0) is 18.4 Å². The minimum atomic E-state index is -5.16. The molecule has 8 unspecified atom stereocenters. The van der Waals surface area contributed by atoms with E-state index in [0.29, 0.717) is 12.8 Å². The van der Waals surface area contributed by atoms with Gasteiger partial charge in [-0.15, -0.1) is 0 Å². The van der Waals surface area contributed by atoms with E-state index in [-0.39, 0.29) is 6.42 Å². The van der Waals surface area contributed by atoms with Crippen LogP contribution in [0.4, 0.5) is 0 Å². The van der Waals surface area contributed by atoms with Crippen molar-refractivity contribution < 1.29 is 59.0 Å². The molecule has 14 heteroatoms. The number of phosphoric ester groups is 1. The fourth-order valence-corrected chi connectivity index (χ4v) is 9.51. The number of aliphatic hydroxyl groups is 7. The van der Waals surface area contributed by atoms with E-state index < -0.39 is 75.2 Å². The van der Waals surface area contributed by atoms with Crippen molar-refractivity contribution in [1.29, 1.82) is 0 Å². The van der Waals surface area contributed by atoms with Gasteiger partial charge in [-0.1, -0.05) is 204 Å². The highest BCUT2D eigenvalue weighted by molar-refractivity contribution is 7.47. The molecule has 1 fully saturated rings. The minimum absolute atomic E-state index is 0.257. The van der Waals surface area contributed by atoms with Crippen LogP contribution in [0.3, 0.4) is 0 Å². The van der Waals surface area contributed by atoms with Crippen molar-refractivity contribution in [1.82, 2.24) is 5.32 Å². The van der Waals surface area contributed by atoms with Gasteiger partial charge in [0.25, 0.3) is 0 Å². The number of unbranched alkanes of at least 4 members (excludes halogenated alkanes) is 28. The fraction of sp³-hybridized carbons (Fsp3) is 0.868. The number of amides is 1. The lowest BCUT2D eigenvalue weighted by Gasteiger charge is -2.41. The van der Waals surface area contributed by atoms with E-state index in [1.54, 1.807) is 6.08 Å². The maximum atomic E-state index is 13.1. The lowest BCUT2D eigenvalue weighted by molar-refractivity contribution is -0.220. The largest absolute Gasteiger partial charge is 0.472 e. The Morgan fingerprint density at radius 1 is 0.522 bits per heavy atom. The number of phosphoric acid groups is 1. The molecule has 394 valence electrons. The molecule has 1 aliphatic carbocycles. The maximum absolute atomic E-state index is 13.1. The van der Waals surface area contributed by atoms with Gasteiger partial charge in [-0.05, 0) is 57.8 Å². The van der Waals surface area contributed by atoms with Crippen molar-refractivity contribution in [3.63, 3.8) is 0 Å². The van der Waals surface area contributed by atoms with Crippen LogP contribution in [0.5, 0.6) is 0 Å². The van der Waals surface area contributed by atoms with Crippen LogP contribution in [0.25, 0.3) is 0 Å². The van der Waals surface area contributed by atoms with Crippen molar-refractivity contribution in [2.75, 3.05) is 6.61 Å². The average molecular weight is 974 g/mol. The summed E-state index contributed by atoms with van der Waals surface area (Å²) in [5.74, 6) is -0.606. The predicted octanol–water partition coefficient (Wildman–Crippen LogP) is 10.5. The third-order valence-electron chi connectivity index (χ3n) is 12.9. The van der Waals surface area contributed by atoms with Crippen LogP contribution >= 0.6 is 7.82 Å². The van der Waals surface area contributed by atoms with Gasteiger partial charge in [-0.25, -0.2) is 4.57 Å². The van der Waals surface area contributed by atoms with Crippen molar-refractivity contribution in [3.8, 4) is 0 Å². The summed E-state index contributed by atoms with van der Waals surface area (Å²) in [7, 11) is -5.16. The summed E-state index contributed by atoms with van der Waals surface area (Å²) in [5.41, 5.74) is 0. The molecular formula is C53H100NO12P. The average Bonchev–Trinajstić information content (AvgIpc) is 3.30. The molecule has 0 aromatic heterocycles. The second kappa shape index (κ2) is 42.2. The fourth-order valence-electron chi connectivity index (χ4n) is 8.55. The van der Waals surface area contributed by atoms with E-state index in [1.165, 1.54) is 141 Å². The Hall–Kier alpha value is -1.48. The Morgan fingerprint density at radius 2 is 0.881 bits per heavy atom. The van der Waals surface area contributed by atoms with Gasteiger partial charge in [-0.2, -0.15) is 0 Å². The first kappa shape index (κ1) is 63.5. The van der Waals surface area contributed by atoms with Crippen LogP contribution in [0.1, 0.15) is 232 Å². The first-order valence-electron chi connectivity index (χ1n) is 27.0. The zero-order valence-electron chi connectivity index (χ0n) is 42.1. The number of allylic oxidation sites excluding steroid dienone is 5. The number of carbonyl (C=O) groups is 1. The highest BCUT2D eigenvalue weighted by Crippen LogP contribution is 2.47. The van der Waals surface area contributed by atoms with E-state index in [4.69, 9.17) is 9.05 Å². The zero-order valence-corrected chi connectivity index (χ0v) is 43.0. The molecule has 0 heterocycles. The number of rotatable bonds is 45. The maximum Gasteiger partial charge on any atom is 0.472 e. The summed E-state index contributed by atoms with van der Waals surface area (Å²) >= 11 is 0. The Labute approximate surface area is 406 Å². The third-order valence-corrected chi connectivity index (χ3v) is 13.9. The Bertz CT molecular complexity index is 1290. The van der Waals surface area contributed by atoms with E-state index >= 15 is 0 Å². The molecular weight excluding hydrogens is 874 g/mol. The van der Waals surface area contributed by atoms with E-state index in [0.717, 1.165) is 64.2 Å². The summed E-state index contributed by atoms with van der Waals surface area (Å²) in [6.07, 6.45) is 36.6. The molecule has 1 saturated carbocycles. The topological polar surface area (TPSA) is 226 Å². The van der Waals surface area contributed by atoms with Gasteiger partial charge < -0.3 is 46.0 Å². The Morgan fingerprint density at radius 3 is 1.31 bits per heavy atom. The smallest absolute Gasteiger partial charge is 0.393 e. The monoisotopic (exact) mass is 974 g/mol. The van der Waals surface area contributed by atoms with Crippen molar-refractivity contribution in [3.05, 3.63) is 36.5 Å². The quantitative estimate of drug-likeness (QED) is 0.0158. The van der Waals surface area contributed by atoms with E-state index in [2.05, 4.69) is 43.5 Å². The molecule has 9 N–H and O–H groups in total. The molecule has 0 spiro atoms. The number of hydrogen-bond donors (Lipinski definition) is 9. The number of aliphatic hydroxyl groups excluding tert-OH is 7. The van der Waals surface area contributed by atoms with Gasteiger partial charge in [0, 0.05) is 0 Å². The molecule has 0 aliphatic heterocycles. The number of hydrogen-bond acceptors (Lipinski definition) is 11. The predicted molar refractivity (Wildman–Crippen MR) is 270 cm³/mol. The highest BCUT2D eigenvalue weighted by Gasteiger charge is 2.51. The van der Waals surface area contributed by atoms with Crippen molar-refractivity contribution in [2.24, 2.45) is 0 Å². The van der Waals surface area contributed by atoms with Crippen LogP contribution in [0.2, 0.25) is 0 Å². The standard InChI is InChI=1S/C53H100NO12P/c1-3-5-7-9-11-13-15-17-19-21-22-23-25-26-28-30-32-34-36-38-40-44(55)42-47(57)54-45(43-65-67(63,64)66-53-51(61)49(59)48(58)50(60)52(53)62)46(56)41-39-37-35-33-31-29-27-24-20-18-16-14-12-10-8-6-4-2/h25-26,31,33,39,41,44-46,48-53,55-56,58-62H,3-24,27-30,32,34-38,40,42-43H2,1-2H3,(H,54,57)(H,63,64)/b26-25-,33-31+,41-39+. The summed E-state index contributed by atoms with van der Waals surface area (Å²) < 4.78 is 22.9. The molecule has 0 bridgehead atoms. The molecule has 13 nitrogen and oxygen atoms in total. The summed E-state index contributed by atoms with van der Waals surface area (Å²) in [6.45, 7) is 3.76. The third kappa shape index (κ3) is 33.7. The molecule has 8 atom stereocenters. The second-order valence-electron chi connectivity index (χ2n) is 19.3. The van der Waals surface area contributed by atoms with E-state index in [9.17, 15) is 50.0 Å². The lowest BCUT2D eigenvalue weighted by atomic mass is 9.85. The van der Waals surface area contributed by atoms with Crippen LogP contribution in [0, 0.1) is 0 Å². The molecule has 0 radical (unpaired) electrons. The van der Waals surface area contributed by atoms with Gasteiger partial charge in [0.15, 0.2) is 0 Å². The number of carbonyl (C=O) groups excluding carboxylic acids is 1. The van der Waals surface area contributed by atoms with E-state index in [1.807, 2.05) is 0 Å². The van der Waals surface area contributed by atoms with Crippen LogP contribution < -0.4 is 5.32 Å². The molecule has 0 aromatic rings. The molecule has 67 heavy (non-hydrogen) atoms. The van der Waals surface area contributed by atoms with Gasteiger partial charge in [0.2, 0.25) is 5.91 Å². The second-order valence-corrected chi connectivity index (χ2v) is 20.7. The summed E-state index contributed by atoms with van der Waals surface area (Å²) in [6, 6.07) is -1.26. The van der Waals surface area contributed by atoms with Gasteiger partial charge in [-0.3, -0.25) is 13.8 Å². The Balaban J connectivity index is 2.48. The van der Waals surface area contributed by atoms with Crippen LogP contribution in [0.15, 0.2) is 36.5 Å². The van der Waals surface area contributed by atoms with Gasteiger partial charge in [0.05, 0.1) is 31.3 Å². The van der Waals surface area contributed by atoms with Gasteiger partial charge in [0.1, 0.15) is 36.6 Å². The minimum Gasteiger partial charge on any atom is -0.393 e. The van der Waals surface area contributed by atoms with Crippen LogP contribution in [-0.4, -0.2) is 108 Å². The molecule has 1 rings (SSSR count). The molecule has 1 aliphatic rings. The first-order chi connectivity index (χ1) is 32.3. The highest BCUT2D eigenvalue weighted by atomic mass is 31.2. The first-order valence-corrected chi connectivity index (χ1v) is 28.5. The van der Waals surface area contributed by atoms with Crippen molar-refractivity contribution >= 4 is 13.7 Å². The van der Waals surface area contributed by atoms with Gasteiger partial charge >= 0.3 is 7.82 Å². The number of nitrogens with one attached hydrogen (secondary N) is 1. The molecule has 1 amide bonds. The Kier molecular flexibility index (Phi) is 40.0. The SMILES string of the molecule is CCCCCCCCCCCCC/C=C\CCCCCCCC(O)CC(=O)NC(COP(=O)(O)OC1C(O)C(O)C(O)C(O)C1O)C(O)/C=C/CC/C=C/CCCCCCCCCCCCC. The van der Waals surface area contributed by atoms with Crippen molar-refractivity contribution in [2.45, 2.75) is 287 Å².